The van der Waals surface area contributed by atoms with E-state index in [-0.39, 0.29) is 17.7 Å². The molecule has 2 heterocycles. The van der Waals surface area contributed by atoms with Gasteiger partial charge in [0.1, 0.15) is 11.4 Å². The van der Waals surface area contributed by atoms with Crippen molar-refractivity contribution in [1.29, 1.82) is 0 Å². The number of piperazine rings is 1. The van der Waals surface area contributed by atoms with E-state index in [9.17, 15) is 9.59 Å². The maximum atomic E-state index is 13.0. The van der Waals surface area contributed by atoms with E-state index in [0.717, 1.165) is 17.7 Å². The average molecular weight is 431 g/mol. The topological polar surface area (TPSA) is 78.5 Å². The molecule has 2 atom stereocenters. The van der Waals surface area contributed by atoms with Crippen LogP contribution in [0, 0.1) is 5.92 Å². The van der Waals surface area contributed by atoms with Crippen LogP contribution in [0.2, 0.25) is 0 Å². The number of hydrogen-bond acceptors (Lipinski definition) is 4. The number of nitrogens with zero attached hydrogens (tertiary/aromatic N) is 3. The Morgan fingerprint density at radius 3 is 2.47 bits per heavy atom. The van der Waals surface area contributed by atoms with E-state index in [1.54, 1.807) is 18.1 Å². The number of methoxy groups -OCH3 is 1. The van der Waals surface area contributed by atoms with E-state index in [2.05, 4.69) is 22.3 Å². The van der Waals surface area contributed by atoms with Gasteiger partial charge in [-0.3, -0.25) is 14.7 Å². The van der Waals surface area contributed by atoms with Gasteiger partial charge >= 0.3 is 0 Å². The third-order valence-electron chi connectivity index (χ3n) is 6.39. The summed E-state index contributed by atoms with van der Waals surface area (Å²) in [5.74, 6) is 1.28. The number of H-pyrrole nitrogens is 1. The van der Waals surface area contributed by atoms with Gasteiger partial charge in [0.2, 0.25) is 5.91 Å². The van der Waals surface area contributed by atoms with Crippen molar-refractivity contribution in [2.75, 3.05) is 33.3 Å². The van der Waals surface area contributed by atoms with E-state index in [1.807, 2.05) is 47.4 Å². The van der Waals surface area contributed by atoms with E-state index in [1.165, 1.54) is 5.56 Å². The molecule has 164 valence electrons. The van der Waals surface area contributed by atoms with Crippen molar-refractivity contribution in [3.05, 3.63) is 71.9 Å². The molecule has 0 unspecified atom stereocenters. The lowest BCUT2D eigenvalue weighted by Crippen LogP contribution is -2.51. The fourth-order valence-corrected chi connectivity index (χ4v) is 4.43. The Bertz CT molecular complexity index is 1120. The van der Waals surface area contributed by atoms with Crippen LogP contribution in [0.5, 0.6) is 5.75 Å². The van der Waals surface area contributed by atoms with E-state index < -0.39 is 0 Å². The predicted molar refractivity (Wildman–Crippen MR) is 120 cm³/mol. The number of amides is 2. The van der Waals surface area contributed by atoms with Gasteiger partial charge in [0, 0.05) is 37.7 Å². The largest absolute Gasteiger partial charge is 0.497 e. The third kappa shape index (κ3) is 3.98. The zero-order chi connectivity index (χ0) is 22.1. The second kappa shape index (κ2) is 8.49. The molecule has 0 radical (unpaired) electrons. The molecule has 1 saturated heterocycles. The summed E-state index contributed by atoms with van der Waals surface area (Å²) in [5.41, 5.74) is 3.27. The molecule has 2 aliphatic rings. The number of aromatic nitrogens is 2. The fourth-order valence-electron chi connectivity index (χ4n) is 4.43. The summed E-state index contributed by atoms with van der Waals surface area (Å²) in [6.07, 6.45) is 0.920. The number of carbonyl (C=O) groups is 2. The molecule has 0 bridgehead atoms. The van der Waals surface area contributed by atoms with Gasteiger partial charge in [-0.1, -0.05) is 42.5 Å². The molecule has 2 amide bonds. The first-order valence-corrected chi connectivity index (χ1v) is 11.0. The molecule has 2 fully saturated rings. The van der Waals surface area contributed by atoms with Gasteiger partial charge in [0.25, 0.3) is 5.91 Å². The van der Waals surface area contributed by atoms with Crippen molar-refractivity contribution in [3.63, 3.8) is 0 Å². The molecule has 7 nitrogen and oxygen atoms in total. The molecule has 5 rings (SSSR count). The number of carbonyl (C=O) groups excluding carboxylic acids is 2. The van der Waals surface area contributed by atoms with E-state index in [0.29, 0.717) is 43.5 Å². The normalized spacial score (nSPS) is 20.2. The van der Waals surface area contributed by atoms with Crippen LogP contribution in [-0.2, 0) is 4.79 Å². The zero-order valence-corrected chi connectivity index (χ0v) is 18.0. The van der Waals surface area contributed by atoms with Crippen molar-refractivity contribution in [2.24, 2.45) is 5.92 Å². The first kappa shape index (κ1) is 20.3. The Morgan fingerprint density at radius 2 is 1.72 bits per heavy atom. The molecule has 1 aromatic heterocycles. The van der Waals surface area contributed by atoms with E-state index >= 15 is 0 Å². The van der Waals surface area contributed by atoms with Gasteiger partial charge in [-0.2, -0.15) is 5.10 Å². The van der Waals surface area contributed by atoms with Crippen LogP contribution in [-0.4, -0.2) is 65.1 Å². The van der Waals surface area contributed by atoms with Crippen molar-refractivity contribution in [1.82, 2.24) is 20.0 Å². The molecule has 1 saturated carbocycles. The number of hydrogen-bond donors (Lipinski definition) is 1. The molecule has 32 heavy (non-hydrogen) atoms. The fraction of sp³-hybridized carbons (Fsp3) is 0.320. The Labute approximate surface area is 187 Å². The Hall–Kier alpha value is -3.61. The summed E-state index contributed by atoms with van der Waals surface area (Å²) in [6.45, 7) is 2.19. The van der Waals surface area contributed by atoms with Crippen molar-refractivity contribution < 1.29 is 14.3 Å². The second-order valence-electron chi connectivity index (χ2n) is 8.38. The molecule has 1 aliphatic heterocycles. The van der Waals surface area contributed by atoms with Gasteiger partial charge in [-0.15, -0.1) is 0 Å². The molecular formula is C25H26N4O3. The summed E-state index contributed by atoms with van der Waals surface area (Å²) in [7, 11) is 1.62. The lowest BCUT2D eigenvalue weighted by molar-refractivity contribution is -0.134. The van der Waals surface area contributed by atoms with E-state index in [4.69, 9.17) is 4.74 Å². The van der Waals surface area contributed by atoms with Gasteiger partial charge < -0.3 is 14.5 Å². The highest BCUT2D eigenvalue weighted by Gasteiger charge is 2.46. The molecule has 2 aromatic carbocycles. The minimum absolute atomic E-state index is 0.0812. The van der Waals surface area contributed by atoms with Crippen LogP contribution in [0.1, 0.15) is 28.4 Å². The molecule has 3 aromatic rings. The van der Waals surface area contributed by atoms with Crippen molar-refractivity contribution in [2.45, 2.75) is 12.3 Å². The van der Waals surface area contributed by atoms with Gasteiger partial charge in [0.05, 0.1) is 12.8 Å². The Morgan fingerprint density at radius 1 is 0.969 bits per heavy atom. The quantitative estimate of drug-likeness (QED) is 0.674. The predicted octanol–water partition coefficient (Wildman–Crippen LogP) is 3.17. The van der Waals surface area contributed by atoms with Crippen LogP contribution in [0.25, 0.3) is 11.3 Å². The van der Waals surface area contributed by atoms with Crippen LogP contribution >= 0.6 is 0 Å². The minimum Gasteiger partial charge on any atom is -0.497 e. The smallest absolute Gasteiger partial charge is 0.272 e. The van der Waals surface area contributed by atoms with Crippen LogP contribution < -0.4 is 4.74 Å². The van der Waals surface area contributed by atoms with Gasteiger partial charge in [-0.25, -0.2) is 0 Å². The average Bonchev–Trinajstić information content (AvgIpc) is 3.51. The number of ether oxygens (including phenoxy) is 1. The molecule has 0 spiro atoms. The molecular weight excluding hydrogens is 404 g/mol. The maximum Gasteiger partial charge on any atom is 0.272 e. The summed E-state index contributed by atoms with van der Waals surface area (Å²) < 4.78 is 5.26. The van der Waals surface area contributed by atoms with Crippen molar-refractivity contribution in [3.8, 4) is 17.0 Å². The lowest BCUT2D eigenvalue weighted by atomic mass is 10.1. The highest BCUT2D eigenvalue weighted by molar-refractivity contribution is 5.93. The second-order valence-corrected chi connectivity index (χ2v) is 8.38. The standard InChI is InChI=1S/C25H26N4O3/c1-32-19-9-5-8-18(14-19)22-16-23(27-26-22)25(31)29-12-10-28(11-13-29)24(30)21-15-20(21)17-6-3-2-4-7-17/h2-9,14,16,20-21H,10-13,15H2,1H3,(H,26,27)/t20-,21-/m1/s1. The number of nitrogens with one attached hydrogen (secondary N) is 1. The van der Waals surface area contributed by atoms with Gasteiger partial charge in [-0.05, 0) is 36.1 Å². The van der Waals surface area contributed by atoms with Crippen LogP contribution in [0.4, 0.5) is 0 Å². The van der Waals surface area contributed by atoms with Crippen LogP contribution in [0.3, 0.4) is 0 Å². The summed E-state index contributed by atoms with van der Waals surface area (Å²) in [6, 6.07) is 19.6. The summed E-state index contributed by atoms with van der Waals surface area (Å²) in [5, 5.41) is 7.16. The first-order chi connectivity index (χ1) is 15.6. The highest BCUT2D eigenvalue weighted by Crippen LogP contribution is 2.48. The third-order valence-corrected chi connectivity index (χ3v) is 6.39. The number of aromatic amines is 1. The summed E-state index contributed by atoms with van der Waals surface area (Å²) >= 11 is 0. The van der Waals surface area contributed by atoms with Gasteiger partial charge in [0.15, 0.2) is 0 Å². The molecule has 1 N–H and O–H groups in total. The number of benzene rings is 2. The monoisotopic (exact) mass is 430 g/mol. The van der Waals surface area contributed by atoms with Crippen molar-refractivity contribution >= 4 is 11.8 Å². The molecule has 7 heteroatoms. The highest BCUT2D eigenvalue weighted by atomic mass is 16.5. The Balaban J connectivity index is 1.17. The zero-order valence-electron chi connectivity index (χ0n) is 18.0. The maximum absolute atomic E-state index is 13.0. The first-order valence-electron chi connectivity index (χ1n) is 11.0. The summed E-state index contributed by atoms with van der Waals surface area (Å²) in [4.78, 5) is 29.5. The lowest BCUT2D eigenvalue weighted by Gasteiger charge is -2.34. The minimum atomic E-state index is -0.0904. The SMILES string of the molecule is COc1cccc(-c2cc(C(=O)N3CCN(C(=O)[C@@H]4C[C@@H]4c4ccccc4)CC3)[nH]n2)c1. The van der Waals surface area contributed by atoms with Crippen LogP contribution in [0.15, 0.2) is 60.7 Å². The Kier molecular flexibility index (Phi) is 5.39. The number of rotatable bonds is 5. The molecule has 1 aliphatic carbocycles.